The molecule has 8 heteroatoms. The Bertz CT molecular complexity index is 7260. The van der Waals surface area contributed by atoms with Crippen molar-refractivity contribution in [2.75, 3.05) is 9.80 Å². The molecule has 15 aromatic carbocycles. The van der Waals surface area contributed by atoms with Crippen molar-refractivity contribution in [3.05, 3.63) is 321 Å². The van der Waals surface area contributed by atoms with Crippen molar-refractivity contribution >= 4 is 167 Å². The molecular weight excluding hydrogens is 1200 g/mol. The number of hydrogen-bond donors (Lipinski definition) is 0. The largest absolute Gasteiger partial charge is 0.456 e. The molecule has 0 bridgehead atoms. The highest BCUT2D eigenvalue weighted by Gasteiger charge is 2.46. The molecule has 0 saturated heterocycles. The second-order valence-electron chi connectivity index (χ2n) is 25.0. The number of nitrogens with zero attached hydrogens (tertiary/aromatic N) is 4. The van der Waals surface area contributed by atoms with E-state index in [1.165, 1.54) is 9.13 Å². The van der Waals surface area contributed by atoms with Gasteiger partial charge in [-0.3, -0.25) is 0 Å². The summed E-state index contributed by atoms with van der Waals surface area (Å²) in [7, 11) is 0. The van der Waals surface area contributed by atoms with Gasteiger partial charge in [0.1, 0.15) is 33.5 Å². The number of fused-ring (bicyclic) bond motifs is 19. The molecule has 98 heavy (non-hydrogen) atoms. The smallest absolute Gasteiger partial charge is 0.252 e. The van der Waals surface area contributed by atoms with Crippen LogP contribution in [0.25, 0.3) is 154 Å². The maximum absolute atomic E-state index is 9.84. The first kappa shape index (κ1) is 40.3. The van der Waals surface area contributed by atoms with Gasteiger partial charge in [0.25, 0.3) is 6.71 Å². The van der Waals surface area contributed by atoms with Gasteiger partial charge in [0.05, 0.1) is 66.1 Å². The van der Waals surface area contributed by atoms with Gasteiger partial charge in [-0.05, 0) is 154 Å². The SMILES string of the molecule is [2H]c1c([2H])c([2H])c2c(c1[2H])c1c([2H])c([2H])c([2H])c([2H])c1n2-c1ccc2c(c1)N(c1c(-c3ccccc3)ccc3oc4ccccc4c13)c1cc(-c3ccc4oc5ccccc5c4c3)cc3c1B2c1ccc(-n2c4c([2H])c([2H])c([2H])c([2H])c4c4c([2H])c([2H])c([2H])c([2H])c42)cc1N3c1c(-c2ccccc2)ccc2oc3ccccc3c12. The minimum atomic E-state index is -0.827. The van der Waals surface area contributed by atoms with E-state index in [2.05, 4.69) is 64.4 Å². The molecule has 7 heterocycles. The molecule has 7 nitrogen and oxygen atoms in total. The third-order valence-electron chi connectivity index (χ3n) is 20.0. The number of anilines is 6. The van der Waals surface area contributed by atoms with Gasteiger partial charge in [-0.25, -0.2) is 0 Å². The van der Waals surface area contributed by atoms with Crippen LogP contribution in [0, 0.1) is 0 Å². The Kier molecular flexibility index (Phi) is 8.32. The van der Waals surface area contributed by atoms with E-state index in [0.717, 1.165) is 65.6 Å². The van der Waals surface area contributed by atoms with Gasteiger partial charge in [-0.2, -0.15) is 0 Å². The third-order valence-corrected chi connectivity index (χ3v) is 20.0. The van der Waals surface area contributed by atoms with Gasteiger partial charge in [-0.1, -0.05) is 206 Å². The van der Waals surface area contributed by atoms with Crippen LogP contribution in [0.3, 0.4) is 0 Å². The Hall–Kier alpha value is -13.0. The highest BCUT2D eigenvalue weighted by atomic mass is 16.3. The first-order valence-corrected chi connectivity index (χ1v) is 32.3. The zero-order valence-electron chi connectivity index (χ0n) is 67.5. The Labute approximate surface area is 584 Å². The van der Waals surface area contributed by atoms with Crippen LogP contribution in [0.1, 0.15) is 21.9 Å². The lowest BCUT2D eigenvalue weighted by Crippen LogP contribution is -2.61. The van der Waals surface area contributed by atoms with Crippen molar-refractivity contribution in [2.24, 2.45) is 0 Å². The predicted molar refractivity (Wildman–Crippen MR) is 407 cm³/mol. The molecule has 0 aliphatic carbocycles. The summed E-state index contributed by atoms with van der Waals surface area (Å²) in [6.45, 7) is -0.827. The van der Waals surface area contributed by atoms with Crippen molar-refractivity contribution in [3.8, 4) is 44.8 Å². The van der Waals surface area contributed by atoms with Crippen LogP contribution >= 0.6 is 0 Å². The molecule has 0 unspecified atom stereocenters. The van der Waals surface area contributed by atoms with Crippen molar-refractivity contribution in [1.29, 1.82) is 0 Å². The monoisotopic (exact) mass is 1260 g/mol. The first-order valence-electron chi connectivity index (χ1n) is 40.3. The fourth-order valence-corrected chi connectivity index (χ4v) is 15.9. The van der Waals surface area contributed by atoms with E-state index in [1.54, 1.807) is 0 Å². The maximum Gasteiger partial charge on any atom is 0.252 e. The number of benzene rings is 15. The second kappa shape index (κ2) is 20.2. The summed E-state index contributed by atoms with van der Waals surface area (Å²) in [6, 6.07) is 65.2. The van der Waals surface area contributed by atoms with Crippen LogP contribution in [0.15, 0.2) is 334 Å². The number of rotatable bonds is 7. The fourth-order valence-electron chi connectivity index (χ4n) is 15.9. The van der Waals surface area contributed by atoms with Gasteiger partial charge in [0.2, 0.25) is 0 Å². The van der Waals surface area contributed by atoms with E-state index in [1.807, 2.05) is 170 Å². The van der Waals surface area contributed by atoms with E-state index >= 15 is 0 Å². The molecule has 2 aliphatic rings. The second-order valence-corrected chi connectivity index (χ2v) is 25.0. The van der Waals surface area contributed by atoms with Gasteiger partial charge in [0, 0.05) is 88.3 Å². The average molecular weight is 1270 g/mol. The molecule has 0 spiro atoms. The van der Waals surface area contributed by atoms with Gasteiger partial charge in [-0.15, -0.1) is 0 Å². The van der Waals surface area contributed by atoms with E-state index < -0.39 is 103 Å². The topological polar surface area (TPSA) is 55.8 Å². The Morgan fingerprint density at radius 3 is 1.13 bits per heavy atom. The lowest BCUT2D eigenvalue weighted by molar-refractivity contribution is 0.668. The minimum absolute atomic E-state index is 0.0773. The molecule has 2 aliphatic heterocycles. The Morgan fingerprint density at radius 2 is 0.663 bits per heavy atom. The maximum atomic E-state index is 9.84. The van der Waals surface area contributed by atoms with Crippen LogP contribution in [0.2, 0.25) is 0 Å². The summed E-state index contributed by atoms with van der Waals surface area (Å²) in [5, 5.41) is 4.37. The molecule has 0 fully saturated rings. The standard InChI is InChI=1S/C90H53BN4O3/c1-3-21-54(22-4-1)60-42-47-84-86(67-30-12-19-37-81(67)97-84)89(60)94-76-52-58(92-72-32-14-7-25-62(72)63-26-8-15-33-73(63)92)40-44-70(76)91-71-45-41-59(93-74-34-16-9-27-64(74)65-28-10-17-35-75(65)93)53-77(71)95(90-61(55-23-5-2-6-24-55)43-48-85-87(90)68-31-13-20-38-82(68)98-85)79-51-57(50-78(94)88(79)91)56-39-46-83-69(49-56)66-29-11-18-36-80(66)96-83/h1-53H/i7D,8D,9D,10D,14D,15D,16D,17D,25D,26D,27D,28D,32D,33D,34D,35D. The Balaban J connectivity index is 0.963. The number of hydrogen-bond acceptors (Lipinski definition) is 5. The lowest BCUT2D eigenvalue weighted by Gasteiger charge is -2.45. The van der Waals surface area contributed by atoms with E-state index in [0.29, 0.717) is 84.1 Å². The van der Waals surface area contributed by atoms with E-state index in [-0.39, 0.29) is 55.0 Å². The summed E-state index contributed by atoms with van der Waals surface area (Å²) < 4.78 is 175. The highest BCUT2D eigenvalue weighted by Crippen LogP contribution is 2.55. The zero-order valence-corrected chi connectivity index (χ0v) is 51.5. The summed E-state index contributed by atoms with van der Waals surface area (Å²) in [5.41, 5.74) is 14.4. The molecule has 454 valence electrons. The number of aromatic nitrogens is 2. The molecule has 22 rings (SSSR count). The van der Waals surface area contributed by atoms with Gasteiger partial charge >= 0.3 is 0 Å². The highest BCUT2D eigenvalue weighted by molar-refractivity contribution is 7.00. The molecular formula is C90H53BN4O3. The summed E-state index contributed by atoms with van der Waals surface area (Å²) in [5.74, 6) is 0. The normalized spacial score (nSPS) is 15.1. The fraction of sp³-hybridized carbons (Fsp3) is 0. The third kappa shape index (κ3) is 7.48. The molecule has 0 saturated carbocycles. The predicted octanol–water partition coefficient (Wildman–Crippen LogP) is 22.7. The van der Waals surface area contributed by atoms with E-state index in [9.17, 15) is 16.4 Å². The average Bonchev–Trinajstić information content (AvgIpc) is 0.839. The molecule has 0 N–H and O–H groups in total. The number of para-hydroxylation sites is 7. The lowest BCUT2D eigenvalue weighted by atomic mass is 9.33. The van der Waals surface area contributed by atoms with Gasteiger partial charge in [0.15, 0.2) is 0 Å². The quantitative estimate of drug-likeness (QED) is 0.149. The van der Waals surface area contributed by atoms with Gasteiger partial charge < -0.3 is 32.2 Å². The van der Waals surface area contributed by atoms with Crippen molar-refractivity contribution in [1.82, 2.24) is 9.13 Å². The minimum Gasteiger partial charge on any atom is -0.456 e. The zero-order chi connectivity index (χ0) is 77.8. The van der Waals surface area contributed by atoms with E-state index in [4.69, 9.17) is 18.7 Å². The first-order chi connectivity index (χ1) is 55.3. The molecule has 5 aromatic heterocycles. The summed E-state index contributed by atoms with van der Waals surface area (Å²) in [6.07, 6.45) is 0. The summed E-state index contributed by atoms with van der Waals surface area (Å²) in [4.78, 5) is 4.49. The Morgan fingerprint density at radius 1 is 0.276 bits per heavy atom. The van der Waals surface area contributed by atoms with Crippen molar-refractivity contribution in [3.63, 3.8) is 0 Å². The molecule has 20 aromatic rings. The molecule has 0 amide bonds. The molecule has 0 atom stereocenters. The van der Waals surface area contributed by atoms with Crippen LogP contribution in [-0.4, -0.2) is 15.8 Å². The van der Waals surface area contributed by atoms with Crippen molar-refractivity contribution in [2.45, 2.75) is 0 Å². The van der Waals surface area contributed by atoms with Crippen LogP contribution in [0.4, 0.5) is 34.1 Å². The molecule has 0 radical (unpaired) electrons. The van der Waals surface area contributed by atoms with Crippen LogP contribution in [0.5, 0.6) is 0 Å². The summed E-state index contributed by atoms with van der Waals surface area (Å²) >= 11 is 0. The number of furan rings is 3. The van der Waals surface area contributed by atoms with Crippen LogP contribution < -0.4 is 26.2 Å². The van der Waals surface area contributed by atoms with Crippen LogP contribution in [-0.2, 0) is 0 Å². The van der Waals surface area contributed by atoms with Crippen molar-refractivity contribution < 1.29 is 35.2 Å².